The summed E-state index contributed by atoms with van der Waals surface area (Å²) in [5, 5.41) is 8.38. The minimum Gasteiger partial charge on any atom is -0.486 e. The Morgan fingerprint density at radius 1 is 1.28 bits per heavy atom. The average molecular weight is 338 g/mol. The van der Waals surface area contributed by atoms with Crippen molar-refractivity contribution in [3.05, 3.63) is 59.9 Å². The third-order valence-electron chi connectivity index (χ3n) is 4.30. The molecule has 4 rings (SSSR count). The van der Waals surface area contributed by atoms with E-state index in [2.05, 4.69) is 15.3 Å². The lowest BCUT2D eigenvalue weighted by Crippen LogP contribution is -2.39. The molecule has 0 unspecified atom stereocenters. The second kappa shape index (κ2) is 6.39. The first-order valence-corrected chi connectivity index (χ1v) is 8.07. The second-order valence-electron chi connectivity index (χ2n) is 5.91. The lowest BCUT2D eigenvalue weighted by atomic mass is 10.2. The first-order chi connectivity index (χ1) is 12.2. The molecule has 8 heteroatoms. The number of pyridine rings is 1. The monoisotopic (exact) mass is 338 g/mol. The van der Waals surface area contributed by atoms with Gasteiger partial charge < -0.3 is 14.2 Å². The Morgan fingerprint density at radius 3 is 2.96 bits per heavy atom. The molecule has 0 saturated heterocycles. The van der Waals surface area contributed by atoms with Gasteiger partial charge in [-0.15, -0.1) is 5.10 Å². The smallest absolute Gasteiger partial charge is 0.270 e. The molecule has 1 aliphatic rings. The van der Waals surface area contributed by atoms with Crippen LogP contribution in [-0.4, -0.2) is 41.9 Å². The van der Waals surface area contributed by atoms with Crippen molar-refractivity contribution in [3.63, 3.8) is 0 Å². The highest BCUT2D eigenvalue weighted by Gasteiger charge is 2.26. The van der Waals surface area contributed by atoms with Crippen LogP contribution < -0.4 is 4.74 Å². The van der Waals surface area contributed by atoms with Gasteiger partial charge in [0.1, 0.15) is 23.7 Å². The van der Waals surface area contributed by atoms with E-state index in [1.807, 2.05) is 51.7 Å². The maximum atomic E-state index is 12.7. The lowest BCUT2D eigenvalue weighted by molar-refractivity contribution is 0.0694. The molecule has 8 nitrogen and oxygen atoms in total. The molecule has 1 amide bonds. The third kappa shape index (κ3) is 2.98. The Bertz CT molecular complexity index is 886. The molecule has 0 saturated carbocycles. The number of aromatic nitrogens is 5. The van der Waals surface area contributed by atoms with Gasteiger partial charge in [-0.3, -0.25) is 9.78 Å². The summed E-state index contributed by atoms with van der Waals surface area (Å²) in [6.07, 6.45) is 5.22. The van der Waals surface area contributed by atoms with Crippen LogP contribution in [0.5, 0.6) is 5.75 Å². The Kier molecular flexibility index (Phi) is 3.93. The zero-order valence-electron chi connectivity index (χ0n) is 13.9. The van der Waals surface area contributed by atoms with E-state index >= 15 is 0 Å². The molecule has 128 valence electrons. The van der Waals surface area contributed by atoms with Gasteiger partial charge in [-0.2, -0.15) is 0 Å². The normalized spacial score (nSPS) is 13.6. The number of carbonyl (C=O) groups excluding carboxylic acids is 1. The first-order valence-electron chi connectivity index (χ1n) is 8.07. The van der Waals surface area contributed by atoms with Gasteiger partial charge in [-0.05, 0) is 24.3 Å². The van der Waals surface area contributed by atoms with Crippen LogP contribution in [-0.2, 0) is 26.7 Å². The first kappa shape index (κ1) is 15.4. The second-order valence-corrected chi connectivity index (χ2v) is 5.91. The van der Waals surface area contributed by atoms with Crippen LogP contribution in [0.4, 0.5) is 0 Å². The molecule has 0 atom stereocenters. The fourth-order valence-corrected chi connectivity index (χ4v) is 2.91. The van der Waals surface area contributed by atoms with Crippen LogP contribution in [0.1, 0.15) is 21.9 Å². The van der Waals surface area contributed by atoms with Gasteiger partial charge in [0.15, 0.2) is 0 Å². The summed E-state index contributed by atoms with van der Waals surface area (Å²) in [4.78, 5) is 18.6. The van der Waals surface area contributed by atoms with Gasteiger partial charge in [0.2, 0.25) is 0 Å². The van der Waals surface area contributed by atoms with E-state index in [0.29, 0.717) is 37.7 Å². The van der Waals surface area contributed by atoms with Gasteiger partial charge in [0.05, 0.1) is 25.0 Å². The maximum absolute atomic E-state index is 12.7. The summed E-state index contributed by atoms with van der Waals surface area (Å²) < 4.78 is 9.39. The lowest BCUT2D eigenvalue weighted by Gasteiger charge is -2.27. The molecule has 3 aromatic heterocycles. The molecule has 0 fully saturated rings. The van der Waals surface area contributed by atoms with Crippen molar-refractivity contribution in [3.8, 4) is 5.75 Å². The summed E-state index contributed by atoms with van der Waals surface area (Å²) in [7, 11) is 1.87. The molecule has 0 aliphatic carbocycles. The van der Waals surface area contributed by atoms with Crippen LogP contribution in [0.25, 0.3) is 0 Å². The minimum atomic E-state index is 0.0130. The van der Waals surface area contributed by atoms with E-state index < -0.39 is 0 Å². The van der Waals surface area contributed by atoms with Crippen LogP contribution in [0.15, 0.2) is 42.9 Å². The molecule has 0 N–H and O–H groups in total. The highest BCUT2D eigenvalue weighted by atomic mass is 16.5. The summed E-state index contributed by atoms with van der Waals surface area (Å²) in [6, 6.07) is 7.36. The molecular formula is C17H18N6O2. The van der Waals surface area contributed by atoms with Crippen LogP contribution in [0.2, 0.25) is 0 Å². The predicted octanol–water partition coefficient (Wildman–Crippen LogP) is 1.25. The number of hydrogen-bond donors (Lipinski definition) is 0. The SMILES string of the molecule is Cn1cccc1C(=O)N1CCn2nnc(COc3cccnc3)c2C1. The van der Waals surface area contributed by atoms with Gasteiger partial charge in [-0.25, -0.2) is 4.68 Å². The van der Waals surface area contributed by atoms with Gasteiger partial charge >= 0.3 is 0 Å². The number of rotatable bonds is 4. The summed E-state index contributed by atoms with van der Waals surface area (Å²) in [5.41, 5.74) is 2.33. The Hall–Kier alpha value is -3.16. The van der Waals surface area contributed by atoms with Crippen molar-refractivity contribution in [2.24, 2.45) is 7.05 Å². The maximum Gasteiger partial charge on any atom is 0.270 e. The fourth-order valence-electron chi connectivity index (χ4n) is 2.91. The van der Waals surface area contributed by atoms with E-state index in [9.17, 15) is 4.79 Å². The van der Waals surface area contributed by atoms with Crippen LogP contribution >= 0.6 is 0 Å². The molecule has 0 bridgehead atoms. The topological polar surface area (TPSA) is 78.1 Å². The number of amides is 1. The highest BCUT2D eigenvalue weighted by molar-refractivity contribution is 5.92. The zero-order valence-corrected chi connectivity index (χ0v) is 13.9. The standard InChI is InChI=1S/C17H18N6O2/c1-21-7-3-5-15(21)17(24)22-8-9-23-16(11-22)14(19-20-23)12-25-13-4-2-6-18-10-13/h2-7,10H,8-9,11-12H2,1H3. The van der Waals surface area contributed by atoms with Crippen LogP contribution in [0, 0.1) is 0 Å². The van der Waals surface area contributed by atoms with E-state index in [4.69, 9.17) is 4.74 Å². The molecule has 0 radical (unpaired) electrons. The number of nitrogens with zero attached hydrogens (tertiary/aromatic N) is 6. The largest absolute Gasteiger partial charge is 0.486 e. The van der Waals surface area contributed by atoms with E-state index in [1.54, 1.807) is 12.4 Å². The third-order valence-corrected chi connectivity index (χ3v) is 4.30. The number of hydrogen-bond acceptors (Lipinski definition) is 5. The van der Waals surface area contributed by atoms with Crippen molar-refractivity contribution in [2.75, 3.05) is 6.54 Å². The summed E-state index contributed by atoms with van der Waals surface area (Å²) >= 11 is 0. The van der Waals surface area contributed by atoms with Crippen molar-refractivity contribution >= 4 is 5.91 Å². The molecule has 1 aliphatic heterocycles. The van der Waals surface area contributed by atoms with E-state index in [0.717, 1.165) is 11.4 Å². The summed E-state index contributed by atoms with van der Waals surface area (Å²) in [6.45, 7) is 2.02. The Morgan fingerprint density at radius 2 is 2.20 bits per heavy atom. The fraction of sp³-hybridized carbons (Fsp3) is 0.294. The zero-order chi connectivity index (χ0) is 17.2. The molecule has 25 heavy (non-hydrogen) atoms. The van der Waals surface area contributed by atoms with E-state index in [-0.39, 0.29) is 5.91 Å². The molecule has 0 spiro atoms. The molecular weight excluding hydrogens is 320 g/mol. The van der Waals surface area contributed by atoms with Gasteiger partial charge in [0.25, 0.3) is 5.91 Å². The number of fused-ring (bicyclic) bond motifs is 1. The molecule has 4 heterocycles. The van der Waals surface area contributed by atoms with Crippen molar-refractivity contribution in [1.29, 1.82) is 0 Å². The Labute approximate surface area is 144 Å². The summed E-state index contributed by atoms with van der Waals surface area (Å²) in [5.74, 6) is 0.691. The van der Waals surface area contributed by atoms with Crippen molar-refractivity contribution < 1.29 is 9.53 Å². The molecule has 0 aromatic carbocycles. The Balaban J connectivity index is 1.49. The van der Waals surface area contributed by atoms with Crippen molar-refractivity contribution in [1.82, 2.24) is 29.4 Å². The van der Waals surface area contributed by atoms with Crippen LogP contribution in [0.3, 0.4) is 0 Å². The van der Waals surface area contributed by atoms with Crippen molar-refractivity contribution in [2.45, 2.75) is 19.7 Å². The van der Waals surface area contributed by atoms with Gasteiger partial charge in [0, 0.05) is 26.0 Å². The number of ether oxygens (including phenoxy) is 1. The van der Waals surface area contributed by atoms with E-state index in [1.165, 1.54) is 0 Å². The minimum absolute atomic E-state index is 0.0130. The number of aryl methyl sites for hydroxylation is 1. The number of carbonyl (C=O) groups is 1. The predicted molar refractivity (Wildman–Crippen MR) is 88.7 cm³/mol. The van der Waals surface area contributed by atoms with Gasteiger partial charge in [-0.1, -0.05) is 5.21 Å². The quantitative estimate of drug-likeness (QED) is 0.715. The molecule has 3 aromatic rings. The highest BCUT2D eigenvalue weighted by Crippen LogP contribution is 2.19. The average Bonchev–Trinajstić information content (AvgIpc) is 3.26.